The van der Waals surface area contributed by atoms with Gasteiger partial charge in [0.05, 0.1) is 0 Å². The normalized spacial score (nSPS) is 16.0. The minimum atomic E-state index is 0.205. The molecule has 22 heavy (non-hydrogen) atoms. The molecule has 2 aromatic rings. The van der Waals surface area contributed by atoms with Gasteiger partial charge in [-0.3, -0.25) is 4.79 Å². The summed E-state index contributed by atoms with van der Waals surface area (Å²) >= 11 is 0. The monoisotopic (exact) mass is 301 g/mol. The summed E-state index contributed by atoms with van der Waals surface area (Å²) in [7, 11) is 0. The summed E-state index contributed by atoms with van der Waals surface area (Å²) in [5.74, 6) is 1.42. The maximum atomic E-state index is 11.9. The zero-order valence-corrected chi connectivity index (χ0v) is 12.9. The van der Waals surface area contributed by atoms with Crippen LogP contribution < -0.4 is 5.32 Å². The van der Waals surface area contributed by atoms with Crippen molar-refractivity contribution in [2.75, 3.05) is 6.54 Å². The summed E-state index contributed by atoms with van der Waals surface area (Å²) < 4.78 is 1.68. The molecular formula is C16H23N5O. The van der Waals surface area contributed by atoms with Gasteiger partial charge in [-0.25, -0.2) is 9.50 Å². The van der Waals surface area contributed by atoms with Crippen molar-refractivity contribution in [1.82, 2.24) is 24.9 Å². The first kappa shape index (κ1) is 14.9. The maximum absolute atomic E-state index is 11.9. The van der Waals surface area contributed by atoms with Gasteiger partial charge >= 0.3 is 0 Å². The van der Waals surface area contributed by atoms with Crippen LogP contribution in [0.15, 0.2) is 18.7 Å². The van der Waals surface area contributed by atoms with Gasteiger partial charge in [0.25, 0.3) is 5.78 Å². The molecule has 0 unspecified atom stereocenters. The first-order valence-corrected chi connectivity index (χ1v) is 8.22. The molecule has 0 aliphatic heterocycles. The average Bonchev–Trinajstić information content (AvgIpc) is 3.00. The van der Waals surface area contributed by atoms with E-state index in [9.17, 15) is 4.79 Å². The van der Waals surface area contributed by atoms with Crippen molar-refractivity contribution in [2.45, 2.75) is 51.4 Å². The molecule has 118 valence electrons. The van der Waals surface area contributed by atoms with Gasteiger partial charge in [-0.1, -0.05) is 19.3 Å². The lowest BCUT2D eigenvalue weighted by atomic mass is 9.87. The number of fused-ring (bicyclic) bond motifs is 1. The summed E-state index contributed by atoms with van der Waals surface area (Å²) in [6.07, 6.45) is 14.1. The zero-order valence-electron chi connectivity index (χ0n) is 12.9. The summed E-state index contributed by atoms with van der Waals surface area (Å²) in [5, 5.41) is 7.11. The van der Waals surface area contributed by atoms with Gasteiger partial charge in [-0.2, -0.15) is 10.1 Å². The molecular weight excluding hydrogens is 278 g/mol. The van der Waals surface area contributed by atoms with Gasteiger partial charge in [0.2, 0.25) is 5.91 Å². The average molecular weight is 301 g/mol. The Labute approximate surface area is 130 Å². The van der Waals surface area contributed by atoms with E-state index in [1.165, 1.54) is 38.4 Å². The minimum absolute atomic E-state index is 0.205. The van der Waals surface area contributed by atoms with Crippen molar-refractivity contribution >= 4 is 11.7 Å². The number of aromatic nitrogens is 4. The number of carbonyl (C=O) groups is 1. The smallest absolute Gasteiger partial charge is 0.252 e. The Hall–Kier alpha value is -1.98. The van der Waals surface area contributed by atoms with E-state index >= 15 is 0 Å². The summed E-state index contributed by atoms with van der Waals surface area (Å²) in [6, 6.07) is 0. The highest BCUT2D eigenvalue weighted by Crippen LogP contribution is 2.25. The standard InChI is InChI=1S/C16H23N5O/c22-15(9-13-5-2-1-3-6-13)17-8-4-7-14-10-18-16-19-12-20-21(16)11-14/h10-13H,1-9H2,(H,17,22). The summed E-state index contributed by atoms with van der Waals surface area (Å²) in [6.45, 7) is 0.723. The highest BCUT2D eigenvalue weighted by Gasteiger charge is 2.16. The number of nitrogens with zero attached hydrogens (tertiary/aromatic N) is 4. The van der Waals surface area contributed by atoms with Crippen LogP contribution in [0.25, 0.3) is 5.78 Å². The van der Waals surface area contributed by atoms with E-state index in [-0.39, 0.29) is 5.91 Å². The first-order valence-electron chi connectivity index (χ1n) is 8.22. The zero-order chi connectivity index (χ0) is 15.2. The number of hydrogen-bond donors (Lipinski definition) is 1. The molecule has 2 heterocycles. The van der Waals surface area contributed by atoms with Gasteiger partial charge in [-0.15, -0.1) is 0 Å². The molecule has 1 aliphatic rings. The maximum Gasteiger partial charge on any atom is 0.252 e. The molecule has 6 nitrogen and oxygen atoms in total. The molecule has 1 N–H and O–H groups in total. The molecule has 0 spiro atoms. The Morgan fingerprint density at radius 1 is 1.27 bits per heavy atom. The van der Waals surface area contributed by atoms with Crippen molar-refractivity contribution in [1.29, 1.82) is 0 Å². The second-order valence-electron chi connectivity index (χ2n) is 6.13. The Balaban J connectivity index is 1.36. The number of rotatable bonds is 6. The van der Waals surface area contributed by atoms with E-state index in [2.05, 4.69) is 20.4 Å². The van der Waals surface area contributed by atoms with Gasteiger partial charge in [0, 0.05) is 25.4 Å². The van der Waals surface area contributed by atoms with Crippen molar-refractivity contribution in [3.8, 4) is 0 Å². The van der Waals surface area contributed by atoms with Crippen LogP contribution in [0.4, 0.5) is 0 Å². The summed E-state index contributed by atoms with van der Waals surface area (Å²) in [4.78, 5) is 20.2. The lowest BCUT2D eigenvalue weighted by Crippen LogP contribution is -2.27. The van der Waals surface area contributed by atoms with E-state index < -0.39 is 0 Å². The number of nitrogens with one attached hydrogen (secondary N) is 1. The Morgan fingerprint density at radius 2 is 2.14 bits per heavy atom. The van der Waals surface area contributed by atoms with E-state index in [4.69, 9.17) is 0 Å². The van der Waals surface area contributed by atoms with Crippen molar-refractivity contribution in [3.05, 3.63) is 24.3 Å². The predicted molar refractivity (Wildman–Crippen MR) is 83.3 cm³/mol. The molecule has 3 rings (SSSR count). The third-order valence-electron chi connectivity index (χ3n) is 4.35. The molecule has 1 aliphatic carbocycles. The van der Waals surface area contributed by atoms with Crippen LogP contribution in [0, 0.1) is 5.92 Å². The fraction of sp³-hybridized carbons (Fsp3) is 0.625. The van der Waals surface area contributed by atoms with Crippen LogP contribution in [0.1, 0.15) is 50.5 Å². The van der Waals surface area contributed by atoms with Crippen molar-refractivity contribution in [2.24, 2.45) is 5.92 Å². The number of hydrogen-bond acceptors (Lipinski definition) is 4. The molecule has 0 radical (unpaired) electrons. The number of aryl methyl sites for hydroxylation is 1. The van der Waals surface area contributed by atoms with Crippen LogP contribution in [0.3, 0.4) is 0 Å². The van der Waals surface area contributed by atoms with Crippen LogP contribution >= 0.6 is 0 Å². The van der Waals surface area contributed by atoms with Crippen LogP contribution in [-0.2, 0) is 11.2 Å². The van der Waals surface area contributed by atoms with Crippen molar-refractivity contribution < 1.29 is 4.79 Å². The molecule has 1 fully saturated rings. The first-order chi connectivity index (χ1) is 10.8. The molecule has 0 atom stereocenters. The second-order valence-corrected chi connectivity index (χ2v) is 6.13. The summed E-state index contributed by atoms with van der Waals surface area (Å²) in [5.41, 5.74) is 1.11. The molecule has 6 heteroatoms. The third-order valence-corrected chi connectivity index (χ3v) is 4.35. The topological polar surface area (TPSA) is 72.2 Å². The van der Waals surface area contributed by atoms with E-state index in [1.54, 1.807) is 4.52 Å². The third kappa shape index (κ3) is 4.02. The van der Waals surface area contributed by atoms with E-state index in [0.717, 1.165) is 24.9 Å². The molecule has 0 aromatic carbocycles. The highest BCUT2D eigenvalue weighted by molar-refractivity contribution is 5.76. The lowest BCUT2D eigenvalue weighted by molar-refractivity contribution is -0.122. The fourth-order valence-electron chi connectivity index (χ4n) is 3.13. The van der Waals surface area contributed by atoms with Gasteiger partial charge < -0.3 is 5.32 Å². The molecule has 0 bridgehead atoms. The molecule has 2 aromatic heterocycles. The SMILES string of the molecule is O=C(CC1CCCCC1)NCCCc1cnc2ncnn2c1. The lowest BCUT2D eigenvalue weighted by Gasteiger charge is -2.20. The Bertz CT molecular complexity index is 618. The quantitative estimate of drug-likeness (QED) is 0.830. The Morgan fingerprint density at radius 3 is 3.00 bits per heavy atom. The van der Waals surface area contributed by atoms with E-state index in [1.807, 2.05) is 12.4 Å². The number of carbonyl (C=O) groups excluding carboxylic acids is 1. The molecule has 0 saturated heterocycles. The van der Waals surface area contributed by atoms with Crippen molar-refractivity contribution in [3.63, 3.8) is 0 Å². The number of amides is 1. The second kappa shape index (κ2) is 7.33. The minimum Gasteiger partial charge on any atom is -0.356 e. The van der Waals surface area contributed by atoms with Gasteiger partial charge in [0.15, 0.2) is 0 Å². The van der Waals surface area contributed by atoms with Crippen LogP contribution in [0.2, 0.25) is 0 Å². The molecule has 1 saturated carbocycles. The fourth-order valence-corrected chi connectivity index (χ4v) is 3.13. The highest BCUT2D eigenvalue weighted by atomic mass is 16.1. The van der Waals surface area contributed by atoms with Gasteiger partial charge in [-0.05, 0) is 37.2 Å². The molecule has 1 amide bonds. The van der Waals surface area contributed by atoms with Gasteiger partial charge in [0.1, 0.15) is 6.33 Å². The predicted octanol–water partition coefficient (Wildman–Crippen LogP) is 2.14. The Kier molecular flexibility index (Phi) is 4.98. The van der Waals surface area contributed by atoms with Crippen LogP contribution in [0.5, 0.6) is 0 Å². The van der Waals surface area contributed by atoms with Crippen LogP contribution in [-0.4, -0.2) is 32.0 Å². The van der Waals surface area contributed by atoms with E-state index in [0.29, 0.717) is 18.1 Å². The largest absolute Gasteiger partial charge is 0.356 e.